The van der Waals surface area contributed by atoms with E-state index in [1.165, 1.54) is 39.3 Å². The second kappa shape index (κ2) is 9.25. The molecule has 0 aliphatic heterocycles. The Kier molecular flexibility index (Phi) is 6.42. The minimum Gasteiger partial charge on any atom is -0.496 e. The van der Waals surface area contributed by atoms with E-state index in [1.807, 2.05) is 6.07 Å². The van der Waals surface area contributed by atoms with Crippen molar-refractivity contribution < 1.29 is 23.1 Å². The Morgan fingerprint density at radius 1 is 1.03 bits per heavy atom. The molecule has 0 saturated carbocycles. The third-order valence-corrected chi connectivity index (χ3v) is 6.66. The fourth-order valence-corrected chi connectivity index (χ4v) is 4.67. The normalized spacial score (nSPS) is 11.9. The maximum absolute atomic E-state index is 12.6. The molecule has 0 aliphatic carbocycles. The molecule has 0 aliphatic rings. The van der Waals surface area contributed by atoms with Crippen molar-refractivity contribution in [2.45, 2.75) is 19.3 Å². The summed E-state index contributed by atoms with van der Waals surface area (Å²) in [6.45, 7) is 3.02. The van der Waals surface area contributed by atoms with Crippen LogP contribution in [0.25, 0.3) is 27.6 Å². The van der Waals surface area contributed by atoms with Crippen molar-refractivity contribution in [2.75, 3.05) is 18.1 Å². The summed E-state index contributed by atoms with van der Waals surface area (Å²) in [4.78, 5) is 39.8. The van der Waals surface area contributed by atoms with Crippen LogP contribution in [0.2, 0.25) is 0 Å². The van der Waals surface area contributed by atoms with E-state index < -0.39 is 32.7 Å². The predicted octanol–water partition coefficient (Wildman–Crippen LogP) is 3.09. The molecule has 11 heteroatoms. The predicted molar refractivity (Wildman–Crippen MR) is 141 cm³/mol. The van der Waals surface area contributed by atoms with Crippen LogP contribution in [0.5, 0.6) is 5.75 Å². The number of rotatable bonds is 7. The van der Waals surface area contributed by atoms with Crippen molar-refractivity contribution in [3.05, 3.63) is 87.2 Å². The fourth-order valence-electron chi connectivity index (χ4n) is 4.12. The second-order valence-electron chi connectivity index (χ2n) is 9.11. The second-order valence-corrected chi connectivity index (χ2v) is 10.9. The van der Waals surface area contributed by atoms with Gasteiger partial charge in [0.2, 0.25) is 10.0 Å². The lowest BCUT2D eigenvalue weighted by atomic mass is 9.81. The number of hydrogen-bond acceptors (Lipinski definition) is 6. The van der Waals surface area contributed by atoms with Gasteiger partial charge < -0.3 is 14.8 Å². The molecule has 1 aromatic heterocycles. The quantitative estimate of drug-likeness (QED) is 0.337. The Morgan fingerprint density at radius 2 is 1.70 bits per heavy atom. The lowest BCUT2D eigenvalue weighted by Crippen LogP contribution is -2.33. The molecule has 3 N–H and O–H groups in total. The van der Waals surface area contributed by atoms with Crippen LogP contribution in [-0.4, -0.2) is 42.4 Å². The average molecular weight is 524 g/mol. The number of nitrogens with zero attached hydrogens (tertiary/aromatic N) is 1. The number of aromatic amines is 1. The molecule has 1 heterocycles. The van der Waals surface area contributed by atoms with E-state index in [2.05, 4.69) is 9.71 Å². The number of aliphatic carboxylic acids is 1. The van der Waals surface area contributed by atoms with Gasteiger partial charge in [-0.2, -0.15) is 0 Å². The van der Waals surface area contributed by atoms with Crippen LogP contribution in [0.15, 0.2) is 70.4 Å². The Morgan fingerprint density at radius 3 is 2.32 bits per heavy atom. The summed E-state index contributed by atoms with van der Waals surface area (Å²) < 4.78 is 32.2. The number of methoxy groups -OCH3 is 1. The number of ether oxygens (including phenoxy) is 1. The van der Waals surface area contributed by atoms with Gasteiger partial charge >= 0.3 is 11.7 Å². The van der Waals surface area contributed by atoms with Gasteiger partial charge in [-0.3, -0.25) is 14.3 Å². The van der Waals surface area contributed by atoms with E-state index in [0.29, 0.717) is 16.8 Å². The topological polar surface area (TPSA) is 148 Å². The largest absolute Gasteiger partial charge is 0.496 e. The van der Waals surface area contributed by atoms with Gasteiger partial charge in [0, 0.05) is 29.1 Å². The van der Waals surface area contributed by atoms with Gasteiger partial charge in [-0.15, -0.1) is 0 Å². The highest BCUT2D eigenvalue weighted by molar-refractivity contribution is 7.92. The smallest absolute Gasteiger partial charge is 0.332 e. The minimum absolute atomic E-state index is 0.180. The highest BCUT2D eigenvalue weighted by Crippen LogP contribution is 2.42. The molecule has 0 saturated heterocycles. The number of hydrogen-bond donors (Lipinski definition) is 3. The Hall–Kier alpha value is -4.38. The van der Waals surface area contributed by atoms with Crippen LogP contribution >= 0.6 is 0 Å². The molecule has 3 aromatic carbocycles. The average Bonchev–Trinajstić information content (AvgIpc) is 2.82. The van der Waals surface area contributed by atoms with Crippen molar-refractivity contribution in [2.24, 2.45) is 0 Å². The first-order valence-corrected chi connectivity index (χ1v) is 13.0. The van der Waals surface area contributed by atoms with Crippen LogP contribution in [0.3, 0.4) is 0 Å². The zero-order chi connectivity index (χ0) is 27.1. The summed E-state index contributed by atoms with van der Waals surface area (Å²) in [5.41, 5.74) is -0.703. The van der Waals surface area contributed by atoms with E-state index >= 15 is 0 Å². The van der Waals surface area contributed by atoms with Crippen molar-refractivity contribution in [1.29, 1.82) is 0 Å². The third-order valence-electron chi connectivity index (χ3n) is 6.05. The molecular weight excluding hydrogens is 498 g/mol. The molecular formula is C26H25N3O7S. The van der Waals surface area contributed by atoms with Gasteiger partial charge in [-0.25, -0.2) is 17.8 Å². The van der Waals surface area contributed by atoms with E-state index in [9.17, 15) is 27.9 Å². The number of nitrogens with one attached hydrogen (secondary N) is 2. The number of carboxylic acids is 1. The summed E-state index contributed by atoms with van der Waals surface area (Å²) in [5, 5.41) is 11.5. The summed E-state index contributed by atoms with van der Waals surface area (Å²) >= 11 is 0. The van der Waals surface area contributed by atoms with E-state index in [-0.39, 0.29) is 17.0 Å². The van der Waals surface area contributed by atoms with Crippen LogP contribution in [0, 0.1) is 0 Å². The highest BCUT2D eigenvalue weighted by atomic mass is 32.2. The van der Waals surface area contributed by atoms with Gasteiger partial charge in [0.15, 0.2) is 0 Å². The lowest BCUT2D eigenvalue weighted by Gasteiger charge is -2.25. The first-order chi connectivity index (χ1) is 17.3. The zero-order valence-corrected chi connectivity index (χ0v) is 21.3. The SMILES string of the molecule is COc1c(-c2ccc3cc(NS(C)(=O)=O)ccc3c2)cc(-n2c(=O)cc[nH]c2=O)cc1C(C)(C)C(=O)O. The first kappa shape index (κ1) is 25.7. The van der Waals surface area contributed by atoms with Gasteiger partial charge in [-0.05, 0) is 60.5 Å². The number of sulfonamides is 1. The summed E-state index contributed by atoms with van der Waals surface area (Å²) in [7, 11) is -2.02. The molecule has 0 radical (unpaired) electrons. The standard InChI is InChI=1S/C26H25N3O7S/c1-26(2,24(31)32)21-14-19(29-22(30)9-10-27-25(29)33)13-20(23(21)36-3)17-6-5-16-12-18(28-37(4,34)35)8-7-15(16)11-17/h5-14,28H,1-4H3,(H,27,33)(H,31,32). The monoisotopic (exact) mass is 523 g/mol. The van der Waals surface area contributed by atoms with Crippen LogP contribution in [0.1, 0.15) is 19.4 Å². The number of fused-ring (bicyclic) bond motifs is 1. The number of anilines is 1. The Bertz CT molecular complexity index is 1740. The van der Waals surface area contributed by atoms with E-state index in [0.717, 1.165) is 21.6 Å². The maximum atomic E-state index is 12.6. The lowest BCUT2D eigenvalue weighted by molar-refractivity contribution is -0.142. The molecule has 192 valence electrons. The number of benzene rings is 3. The third kappa shape index (κ3) is 4.98. The Balaban J connectivity index is 2.01. The summed E-state index contributed by atoms with van der Waals surface area (Å²) in [6.07, 6.45) is 2.31. The van der Waals surface area contributed by atoms with Crippen LogP contribution in [-0.2, 0) is 20.2 Å². The molecule has 4 rings (SSSR count). The van der Waals surface area contributed by atoms with Crippen molar-refractivity contribution in [1.82, 2.24) is 9.55 Å². The number of carboxylic acid groups (broad SMARTS) is 1. The minimum atomic E-state index is -3.44. The molecule has 0 amide bonds. The highest BCUT2D eigenvalue weighted by Gasteiger charge is 2.34. The summed E-state index contributed by atoms with van der Waals surface area (Å²) in [6, 6.07) is 14.7. The molecule has 0 fully saturated rings. The molecule has 4 aromatic rings. The molecule has 37 heavy (non-hydrogen) atoms. The molecule has 0 bridgehead atoms. The number of aromatic nitrogens is 2. The number of carbonyl (C=O) groups is 1. The zero-order valence-electron chi connectivity index (χ0n) is 20.5. The van der Waals surface area contributed by atoms with Crippen molar-refractivity contribution >= 4 is 32.5 Å². The maximum Gasteiger partial charge on any atom is 0.332 e. The van der Waals surface area contributed by atoms with Gasteiger partial charge in [-0.1, -0.05) is 18.2 Å². The van der Waals surface area contributed by atoms with Gasteiger partial charge in [0.1, 0.15) is 5.75 Å². The van der Waals surface area contributed by atoms with Crippen molar-refractivity contribution in [3.8, 4) is 22.6 Å². The first-order valence-electron chi connectivity index (χ1n) is 11.1. The van der Waals surface area contributed by atoms with Crippen LogP contribution < -0.4 is 20.7 Å². The van der Waals surface area contributed by atoms with Gasteiger partial charge in [0.05, 0.1) is 24.5 Å². The van der Waals surface area contributed by atoms with E-state index in [4.69, 9.17) is 4.74 Å². The molecule has 0 atom stereocenters. The molecule has 10 nitrogen and oxygen atoms in total. The fraction of sp³-hybridized carbons (Fsp3) is 0.192. The van der Waals surface area contributed by atoms with E-state index in [1.54, 1.807) is 36.4 Å². The van der Waals surface area contributed by atoms with Crippen LogP contribution in [0.4, 0.5) is 5.69 Å². The molecule has 0 unspecified atom stereocenters. The summed E-state index contributed by atoms with van der Waals surface area (Å²) in [5.74, 6) is -0.834. The Labute approximate surface area is 212 Å². The number of H-pyrrole nitrogens is 1. The van der Waals surface area contributed by atoms with Gasteiger partial charge in [0.25, 0.3) is 5.56 Å². The van der Waals surface area contributed by atoms with Crippen molar-refractivity contribution in [3.63, 3.8) is 0 Å². The molecule has 0 spiro atoms.